The molecule has 0 aliphatic rings. The topological polar surface area (TPSA) is 63.8 Å². The summed E-state index contributed by atoms with van der Waals surface area (Å²) < 4.78 is 0. The number of anilines is 2. The van der Waals surface area contributed by atoms with Crippen LogP contribution in [0, 0.1) is 0 Å². The Bertz CT molecular complexity index is 290. The first kappa shape index (κ1) is 11.0. The smallest absolute Gasteiger partial charge is 0.224 e. The number of hydrogen-bond donors (Lipinski definition) is 2. The minimum Gasteiger partial charge on any atom is -0.394 e. The van der Waals surface area contributed by atoms with Gasteiger partial charge in [0.2, 0.25) is 5.28 Å². The summed E-state index contributed by atoms with van der Waals surface area (Å²) in [5.74, 6) is 0.626. The Balaban J connectivity index is 2.45. The van der Waals surface area contributed by atoms with E-state index in [4.69, 9.17) is 17.3 Å². The molecule has 0 amide bonds. The second kappa shape index (κ2) is 5.65. The van der Waals surface area contributed by atoms with Crippen LogP contribution in [0.15, 0.2) is 6.20 Å². The zero-order valence-corrected chi connectivity index (χ0v) is 9.01. The first-order valence-electron chi connectivity index (χ1n) is 4.76. The molecule has 0 aliphatic heterocycles. The van der Waals surface area contributed by atoms with Crippen LogP contribution in [0.25, 0.3) is 0 Å². The highest BCUT2D eigenvalue weighted by Crippen LogP contribution is 2.15. The molecule has 1 aromatic heterocycles. The molecule has 0 radical (unpaired) electrons. The van der Waals surface area contributed by atoms with E-state index in [1.807, 2.05) is 0 Å². The largest absolute Gasteiger partial charge is 0.394 e. The van der Waals surface area contributed by atoms with Gasteiger partial charge in [0.25, 0.3) is 0 Å². The average molecular weight is 215 g/mol. The van der Waals surface area contributed by atoms with Crippen LogP contribution < -0.4 is 11.1 Å². The van der Waals surface area contributed by atoms with Crippen molar-refractivity contribution >= 4 is 23.1 Å². The molecule has 1 rings (SSSR count). The van der Waals surface area contributed by atoms with Crippen LogP contribution in [0.4, 0.5) is 11.5 Å². The van der Waals surface area contributed by atoms with E-state index in [-0.39, 0.29) is 5.28 Å². The third kappa shape index (κ3) is 3.38. The molecule has 5 heteroatoms. The molecule has 0 fully saturated rings. The van der Waals surface area contributed by atoms with Crippen LogP contribution in [0.1, 0.15) is 26.2 Å². The van der Waals surface area contributed by atoms with Crippen LogP contribution >= 0.6 is 11.6 Å². The predicted octanol–water partition coefficient (Wildman–Crippen LogP) is 2.31. The van der Waals surface area contributed by atoms with Crippen LogP contribution in [0.3, 0.4) is 0 Å². The average Bonchev–Trinajstić information content (AvgIpc) is 2.18. The third-order valence-electron chi connectivity index (χ3n) is 1.86. The summed E-state index contributed by atoms with van der Waals surface area (Å²) >= 11 is 5.64. The molecule has 0 saturated carbocycles. The van der Waals surface area contributed by atoms with E-state index in [1.54, 1.807) is 0 Å². The molecular weight excluding hydrogens is 200 g/mol. The van der Waals surface area contributed by atoms with Crippen LogP contribution in [0.5, 0.6) is 0 Å². The molecule has 0 bridgehead atoms. The maximum absolute atomic E-state index is 5.66. The number of hydrogen-bond acceptors (Lipinski definition) is 4. The van der Waals surface area contributed by atoms with Crippen molar-refractivity contribution in [1.82, 2.24) is 9.97 Å². The second-order valence-electron chi connectivity index (χ2n) is 3.08. The van der Waals surface area contributed by atoms with Gasteiger partial charge in [-0.2, -0.15) is 4.98 Å². The van der Waals surface area contributed by atoms with Gasteiger partial charge < -0.3 is 11.1 Å². The van der Waals surface area contributed by atoms with Crippen molar-refractivity contribution in [3.05, 3.63) is 11.5 Å². The van der Waals surface area contributed by atoms with Gasteiger partial charge in [-0.3, -0.25) is 0 Å². The predicted molar refractivity (Wildman–Crippen MR) is 59.5 cm³/mol. The lowest BCUT2D eigenvalue weighted by Crippen LogP contribution is -2.06. The summed E-state index contributed by atoms with van der Waals surface area (Å²) in [6.45, 7) is 3.03. The quantitative estimate of drug-likeness (QED) is 0.583. The molecule has 4 nitrogen and oxygen atoms in total. The maximum atomic E-state index is 5.66. The molecule has 78 valence electrons. The highest BCUT2D eigenvalue weighted by atomic mass is 35.5. The van der Waals surface area contributed by atoms with Crippen molar-refractivity contribution in [2.75, 3.05) is 17.6 Å². The molecule has 0 atom stereocenters. The monoisotopic (exact) mass is 214 g/mol. The fourth-order valence-corrected chi connectivity index (χ4v) is 1.23. The molecule has 1 heterocycles. The molecule has 3 N–H and O–H groups in total. The molecular formula is C9H15ClN4. The number of nitrogens with two attached hydrogens (primary N) is 1. The summed E-state index contributed by atoms with van der Waals surface area (Å²) in [6, 6.07) is 0. The Morgan fingerprint density at radius 1 is 1.50 bits per heavy atom. The first-order valence-corrected chi connectivity index (χ1v) is 5.13. The Morgan fingerprint density at radius 2 is 2.29 bits per heavy atom. The van der Waals surface area contributed by atoms with E-state index in [1.165, 1.54) is 19.0 Å². The van der Waals surface area contributed by atoms with E-state index < -0.39 is 0 Å². The molecule has 0 spiro atoms. The lowest BCUT2D eigenvalue weighted by atomic mass is 10.2. The van der Waals surface area contributed by atoms with Crippen molar-refractivity contribution in [2.45, 2.75) is 26.2 Å². The minimum atomic E-state index is 0.220. The van der Waals surface area contributed by atoms with Gasteiger partial charge in [0, 0.05) is 6.54 Å². The Labute approximate surface area is 88.9 Å². The number of nitrogens with zero attached hydrogens (tertiary/aromatic N) is 2. The molecule has 14 heavy (non-hydrogen) atoms. The van der Waals surface area contributed by atoms with Gasteiger partial charge in [0.1, 0.15) is 0 Å². The summed E-state index contributed by atoms with van der Waals surface area (Å²) in [5, 5.41) is 3.35. The van der Waals surface area contributed by atoms with Crippen LogP contribution in [-0.2, 0) is 0 Å². The van der Waals surface area contributed by atoms with Gasteiger partial charge in [-0.25, -0.2) is 4.98 Å². The lowest BCUT2D eigenvalue weighted by Gasteiger charge is -2.07. The summed E-state index contributed by atoms with van der Waals surface area (Å²) in [7, 11) is 0. The Morgan fingerprint density at radius 3 is 3.00 bits per heavy atom. The molecule has 0 unspecified atom stereocenters. The van der Waals surface area contributed by atoms with E-state index in [9.17, 15) is 0 Å². The zero-order valence-electron chi connectivity index (χ0n) is 8.26. The molecule has 0 aromatic carbocycles. The maximum Gasteiger partial charge on any atom is 0.224 e. The van der Waals surface area contributed by atoms with Gasteiger partial charge in [0.15, 0.2) is 5.82 Å². The van der Waals surface area contributed by atoms with Crippen molar-refractivity contribution in [1.29, 1.82) is 0 Å². The van der Waals surface area contributed by atoms with E-state index in [2.05, 4.69) is 22.2 Å². The van der Waals surface area contributed by atoms with Crippen molar-refractivity contribution < 1.29 is 0 Å². The number of unbranched alkanes of at least 4 members (excludes halogenated alkanes) is 2. The fourth-order valence-electron chi connectivity index (χ4n) is 1.09. The number of halogens is 1. The lowest BCUT2D eigenvalue weighted by molar-refractivity contribution is 0.742. The molecule has 0 saturated heterocycles. The van der Waals surface area contributed by atoms with Crippen LogP contribution in [0.2, 0.25) is 5.28 Å². The van der Waals surface area contributed by atoms with Gasteiger partial charge in [-0.05, 0) is 18.0 Å². The summed E-state index contributed by atoms with van der Waals surface area (Å²) in [4.78, 5) is 7.76. The van der Waals surface area contributed by atoms with Crippen molar-refractivity contribution in [3.8, 4) is 0 Å². The van der Waals surface area contributed by atoms with E-state index >= 15 is 0 Å². The number of nitrogens with one attached hydrogen (secondary N) is 1. The Kier molecular flexibility index (Phi) is 4.46. The van der Waals surface area contributed by atoms with Gasteiger partial charge in [0.05, 0.1) is 11.9 Å². The standard InChI is InChI=1S/C9H15ClN4/c1-2-3-4-5-12-8-7(11)6-13-9(10)14-8/h6H,2-5,11H2,1H3,(H,12,13,14). The highest BCUT2D eigenvalue weighted by molar-refractivity contribution is 6.28. The Hall–Kier alpha value is -1.03. The highest BCUT2D eigenvalue weighted by Gasteiger charge is 2.01. The van der Waals surface area contributed by atoms with E-state index in [0.29, 0.717) is 11.5 Å². The van der Waals surface area contributed by atoms with E-state index in [0.717, 1.165) is 13.0 Å². The summed E-state index contributed by atoms with van der Waals surface area (Å²) in [5.41, 5.74) is 6.19. The summed E-state index contributed by atoms with van der Waals surface area (Å²) in [6.07, 6.45) is 5.02. The van der Waals surface area contributed by atoms with Gasteiger partial charge in [-0.1, -0.05) is 19.8 Å². The minimum absolute atomic E-state index is 0.220. The van der Waals surface area contributed by atoms with Gasteiger partial charge in [-0.15, -0.1) is 0 Å². The number of aromatic nitrogens is 2. The van der Waals surface area contributed by atoms with Gasteiger partial charge >= 0.3 is 0 Å². The second-order valence-corrected chi connectivity index (χ2v) is 3.41. The van der Waals surface area contributed by atoms with Crippen LogP contribution in [-0.4, -0.2) is 16.5 Å². The number of rotatable bonds is 5. The first-order chi connectivity index (χ1) is 6.74. The zero-order chi connectivity index (χ0) is 10.4. The SMILES string of the molecule is CCCCCNc1nc(Cl)ncc1N. The fraction of sp³-hybridized carbons (Fsp3) is 0.556. The number of nitrogen functional groups attached to an aromatic ring is 1. The normalized spacial score (nSPS) is 10.1. The molecule has 1 aromatic rings. The third-order valence-corrected chi connectivity index (χ3v) is 2.04. The van der Waals surface area contributed by atoms with Crippen molar-refractivity contribution in [2.24, 2.45) is 0 Å². The van der Waals surface area contributed by atoms with Crippen molar-refractivity contribution in [3.63, 3.8) is 0 Å². The molecule has 0 aliphatic carbocycles.